The fraction of sp³-hybridized carbons (Fsp3) is 0.100. The summed E-state index contributed by atoms with van der Waals surface area (Å²) in [5, 5.41) is 18.7. The molecule has 1 heterocycles. The first-order chi connectivity index (χ1) is 6.59. The number of aromatic amines is 1. The second-order valence-electron chi connectivity index (χ2n) is 3.16. The molecule has 0 radical (unpaired) electrons. The molecule has 1 aromatic carbocycles. The van der Waals surface area contributed by atoms with Crippen molar-refractivity contribution in [2.24, 2.45) is 0 Å². The van der Waals surface area contributed by atoms with Gasteiger partial charge in [-0.3, -0.25) is 0 Å². The fourth-order valence-corrected chi connectivity index (χ4v) is 1.59. The molecule has 72 valence electrons. The summed E-state index contributed by atoms with van der Waals surface area (Å²) >= 11 is 0. The normalized spacial score (nSPS) is 10.6. The number of hydrogen-bond donors (Lipinski definition) is 3. The van der Waals surface area contributed by atoms with Gasteiger partial charge in [-0.05, 0) is 25.1 Å². The minimum absolute atomic E-state index is 0.0685. The molecular formula is C10H9NO3. The summed E-state index contributed by atoms with van der Waals surface area (Å²) in [5.74, 6) is -0.918. The molecule has 0 amide bonds. The molecule has 2 aromatic rings. The van der Waals surface area contributed by atoms with E-state index in [0.717, 1.165) is 5.52 Å². The maximum absolute atomic E-state index is 10.9. The molecule has 3 N–H and O–H groups in total. The molecule has 4 heteroatoms. The van der Waals surface area contributed by atoms with Crippen molar-refractivity contribution in [1.29, 1.82) is 0 Å². The van der Waals surface area contributed by atoms with Gasteiger partial charge in [-0.2, -0.15) is 0 Å². The number of rotatable bonds is 1. The molecule has 0 aliphatic heterocycles. The van der Waals surface area contributed by atoms with E-state index in [1.165, 1.54) is 12.1 Å². The zero-order chi connectivity index (χ0) is 10.3. The van der Waals surface area contributed by atoms with Gasteiger partial charge in [0.2, 0.25) is 0 Å². The van der Waals surface area contributed by atoms with Crippen molar-refractivity contribution in [3.63, 3.8) is 0 Å². The van der Waals surface area contributed by atoms with Crippen LogP contribution in [0.25, 0.3) is 10.9 Å². The number of phenolic OH excluding ortho intramolecular Hbond substituents is 1. The number of benzene rings is 1. The van der Waals surface area contributed by atoms with Crippen molar-refractivity contribution < 1.29 is 15.0 Å². The van der Waals surface area contributed by atoms with Crippen LogP contribution in [0.15, 0.2) is 18.2 Å². The number of carboxylic acid groups (broad SMARTS) is 1. The Morgan fingerprint density at radius 3 is 2.79 bits per heavy atom. The Morgan fingerprint density at radius 2 is 2.14 bits per heavy atom. The van der Waals surface area contributed by atoms with Gasteiger partial charge < -0.3 is 15.2 Å². The van der Waals surface area contributed by atoms with Gasteiger partial charge in [0.15, 0.2) is 0 Å². The number of hydrogen-bond acceptors (Lipinski definition) is 2. The van der Waals surface area contributed by atoms with E-state index >= 15 is 0 Å². The van der Waals surface area contributed by atoms with E-state index in [1.54, 1.807) is 13.0 Å². The fourth-order valence-electron chi connectivity index (χ4n) is 1.59. The molecule has 0 fully saturated rings. The molecule has 0 unspecified atom stereocenters. The number of aromatic hydroxyl groups is 1. The average Bonchev–Trinajstić information content (AvgIpc) is 2.40. The van der Waals surface area contributed by atoms with Crippen molar-refractivity contribution in [3.05, 3.63) is 29.5 Å². The first-order valence-corrected chi connectivity index (χ1v) is 4.14. The molecule has 0 atom stereocenters. The number of carbonyl (C=O) groups is 1. The smallest absolute Gasteiger partial charge is 0.338 e. The van der Waals surface area contributed by atoms with Gasteiger partial charge in [0.1, 0.15) is 5.75 Å². The van der Waals surface area contributed by atoms with Crippen molar-refractivity contribution in [2.45, 2.75) is 6.92 Å². The molecule has 0 aliphatic rings. The Bertz CT molecular complexity index is 513. The Kier molecular flexibility index (Phi) is 1.70. The lowest BCUT2D eigenvalue weighted by molar-refractivity contribution is 0.0698. The highest BCUT2D eigenvalue weighted by atomic mass is 16.4. The zero-order valence-electron chi connectivity index (χ0n) is 7.53. The zero-order valence-corrected chi connectivity index (χ0v) is 7.53. The lowest BCUT2D eigenvalue weighted by Gasteiger charge is -1.94. The standard InChI is InChI=1S/C10H9NO3/c1-5-9(10(13)14)7-4-6(12)2-3-8(7)11-5/h2-4,11-12H,1H3,(H,13,14). The molecule has 4 nitrogen and oxygen atoms in total. The lowest BCUT2D eigenvalue weighted by Crippen LogP contribution is -1.96. The van der Waals surface area contributed by atoms with Gasteiger partial charge >= 0.3 is 5.97 Å². The van der Waals surface area contributed by atoms with Crippen LogP contribution in [0.2, 0.25) is 0 Å². The third kappa shape index (κ3) is 1.12. The number of H-pyrrole nitrogens is 1. The predicted molar refractivity (Wildman–Crippen MR) is 51.7 cm³/mol. The van der Waals surface area contributed by atoms with Gasteiger partial charge in [0.25, 0.3) is 0 Å². The second kappa shape index (κ2) is 2.77. The quantitative estimate of drug-likeness (QED) is 0.644. The largest absolute Gasteiger partial charge is 0.508 e. The highest BCUT2D eigenvalue weighted by molar-refractivity contribution is 6.05. The maximum atomic E-state index is 10.9. The van der Waals surface area contributed by atoms with E-state index in [-0.39, 0.29) is 11.3 Å². The Hall–Kier alpha value is -1.97. The van der Waals surface area contributed by atoms with Crippen LogP contribution >= 0.6 is 0 Å². The van der Waals surface area contributed by atoms with Crippen LogP contribution in [0, 0.1) is 6.92 Å². The molecule has 1 aromatic heterocycles. The number of nitrogens with one attached hydrogen (secondary N) is 1. The molecular weight excluding hydrogens is 182 g/mol. The molecule has 0 bridgehead atoms. The van der Waals surface area contributed by atoms with Gasteiger partial charge in [-0.15, -0.1) is 0 Å². The van der Waals surface area contributed by atoms with E-state index in [0.29, 0.717) is 11.1 Å². The van der Waals surface area contributed by atoms with Crippen LogP contribution in [0.5, 0.6) is 5.75 Å². The van der Waals surface area contributed by atoms with E-state index in [1.807, 2.05) is 0 Å². The van der Waals surface area contributed by atoms with Gasteiger partial charge in [0.05, 0.1) is 5.56 Å². The summed E-state index contributed by atoms with van der Waals surface area (Å²) in [5.41, 5.74) is 1.53. The minimum atomic E-state index is -0.987. The summed E-state index contributed by atoms with van der Waals surface area (Å²) < 4.78 is 0. The SMILES string of the molecule is Cc1[nH]c2ccc(O)cc2c1C(=O)O. The van der Waals surface area contributed by atoms with Crippen molar-refractivity contribution in [1.82, 2.24) is 4.98 Å². The average molecular weight is 191 g/mol. The van der Waals surface area contributed by atoms with Gasteiger partial charge in [0, 0.05) is 16.6 Å². The number of carboxylic acids is 1. The van der Waals surface area contributed by atoms with Gasteiger partial charge in [-0.1, -0.05) is 0 Å². The number of phenols is 1. The summed E-state index contributed by atoms with van der Waals surface area (Å²) in [7, 11) is 0. The van der Waals surface area contributed by atoms with Crippen LogP contribution in [0.4, 0.5) is 0 Å². The molecule has 14 heavy (non-hydrogen) atoms. The highest BCUT2D eigenvalue weighted by Gasteiger charge is 2.14. The first-order valence-electron chi connectivity index (χ1n) is 4.14. The minimum Gasteiger partial charge on any atom is -0.508 e. The van der Waals surface area contributed by atoms with Crippen LogP contribution < -0.4 is 0 Å². The molecule has 0 saturated heterocycles. The topological polar surface area (TPSA) is 73.3 Å². The molecule has 0 spiro atoms. The monoisotopic (exact) mass is 191 g/mol. The predicted octanol–water partition coefficient (Wildman–Crippen LogP) is 1.88. The molecule has 0 aliphatic carbocycles. The van der Waals surface area contributed by atoms with E-state index < -0.39 is 5.97 Å². The highest BCUT2D eigenvalue weighted by Crippen LogP contribution is 2.25. The van der Waals surface area contributed by atoms with Crippen molar-refractivity contribution in [2.75, 3.05) is 0 Å². The van der Waals surface area contributed by atoms with E-state index in [9.17, 15) is 9.90 Å². The Morgan fingerprint density at radius 1 is 1.43 bits per heavy atom. The van der Waals surface area contributed by atoms with Crippen LogP contribution in [0.3, 0.4) is 0 Å². The summed E-state index contributed by atoms with van der Waals surface area (Å²) in [6.07, 6.45) is 0. The number of aromatic carboxylic acids is 1. The van der Waals surface area contributed by atoms with E-state index in [4.69, 9.17) is 5.11 Å². The Labute approximate surface area is 79.8 Å². The van der Waals surface area contributed by atoms with Gasteiger partial charge in [-0.25, -0.2) is 4.79 Å². The van der Waals surface area contributed by atoms with Crippen LogP contribution in [-0.4, -0.2) is 21.2 Å². The maximum Gasteiger partial charge on any atom is 0.338 e. The van der Waals surface area contributed by atoms with Crippen LogP contribution in [0.1, 0.15) is 16.1 Å². The van der Waals surface area contributed by atoms with Crippen molar-refractivity contribution in [3.8, 4) is 5.75 Å². The Balaban J connectivity index is 2.86. The first kappa shape index (κ1) is 8.62. The van der Waals surface area contributed by atoms with Crippen LogP contribution in [-0.2, 0) is 0 Å². The molecule has 0 saturated carbocycles. The number of aromatic nitrogens is 1. The molecule has 2 rings (SSSR count). The van der Waals surface area contributed by atoms with Crippen molar-refractivity contribution >= 4 is 16.9 Å². The summed E-state index contributed by atoms with van der Waals surface area (Å²) in [6, 6.07) is 4.62. The third-order valence-corrected chi connectivity index (χ3v) is 2.18. The number of aryl methyl sites for hydroxylation is 1. The summed E-state index contributed by atoms with van der Waals surface area (Å²) in [4.78, 5) is 13.9. The number of fused-ring (bicyclic) bond motifs is 1. The second-order valence-corrected chi connectivity index (χ2v) is 3.16. The third-order valence-electron chi connectivity index (χ3n) is 2.18. The summed E-state index contributed by atoms with van der Waals surface area (Å²) in [6.45, 7) is 1.69. The lowest BCUT2D eigenvalue weighted by atomic mass is 10.1. The van der Waals surface area contributed by atoms with E-state index in [2.05, 4.69) is 4.98 Å².